The quantitative estimate of drug-likeness (QED) is 0.938. The van der Waals surface area contributed by atoms with Gasteiger partial charge >= 0.3 is 0 Å². The van der Waals surface area contributed by atoms with Crippen LogP contribution in [0.3, 0.4) is 0 Å². The lowest BCUT2D eigenvalue weighted by Gasteiger charge is -2.33. The first-order valence-electron chi connectivity index (χ1n) is 8.01. The van der Waals surface area contributed by atoms with Gasteiger partial charge in [0.25, 0.3) is 0 Å². The number of nitrogens with one attached hydrogen (secondary N) is 1. The molecule has 0 bridgehead atoms. The maximum absolute atomic E-state index is 4.65. The van der Waals surface area contributed by atoms with E-state index in [0.29, 0.717) is 12.0 Å². The molecule has 0 unspecified atom stereocenters. The molecule has 0 amide bonds. The number of hydrogen-bond donors (Lipinski definition) is 1. The molecule has 0 aliphatic carbocycles. The number of aromatic nitrogens is 3. The van der Waals surface area contributed by atoms with Crippen molar-refractivity contribution >= 4 is 11.3 Å². The lowest BCUT2D eigenvalue weighted by molar-refractivity contribution is 0.423. The highest BCUT2D eigenvalue weighted by Gasteiger charge is 2.21. The van der Waals surface area contributed by atoms with Crippen molar-refractivity contribution in [1.29, 1.82) is 0 Å². The zero-order valence-corrected chi connectivity index (χ0v) is 13.2. The number of nitrogens with zero attached hydrogens (tertiary/aromatic N) is 4. The SMILES string of the molecule is CCNC1CCN(c2nccn3nc(C(C)C)cc23)CC1. The summed E-state index contributed by atoms with van der Waals surface area (Å²) < 4.78 is 1.97. The molecule has 0 radical (unpaired) electrons. The van der Waals surface area contributed by atoms with E-state index in [0.717, 1.165) is 36.7 Å². The highest BCUT2D eigenvalue weighted by atomic mass is 15.3. The van der Waals surface area contributed by atoms with Gasteiger partial charge in [0.15, 0.2) is 5.82 Å². The van der Waals surface area contributed by atoms with Crippen LogP contribution in [-0.2, 0) is 0 Å². The summed E-state index contributed by atoms with van der Waals surface area (Å²) in [5, 5.41) is 8.20. The molecule has 1 fully saturated rings. The zero-order valence-electron chi connectivity index (χ0n) is 13.2. The smallest absolute Gasteiger partial charge is 0.154 e. The lowest BCUT2D eigenvalue weighted by Crippen LogP contribution is -2.42. The minimum absolute atomic E-state index is 0.442. The van der Waals surface area contributed by atoms with Gasteiger partial charge in [-0.3, -0.25) is 0 Å². The normalized spacial score (nSPS) is 17.0. The maximum atomic E-state index is 4.65. The maximum Gasteiger partial charge on any atom is 0.154 e. The van der Waals surface area contributed by atoms with Crippen molar-refractivity contribution in [1.82, 2.24) is 19.9 Å². The molecule has 1 saturated heterocycles. The van der Waals surface area contributed by atoms with Crippen molar-refractivity contribution in [2.24, 2.45) is 0 Å². The lowest BCUT2D eigenvalue weighted by atomic mass is 10.0. The third-order valence-electron chi connectivity index (χ3n) is 4.27. The Bertz CT molecular complexity index is 596. The predicted octanol–water partition coefficient (Wildman–Crippen LogP) is 2.43. The van der Waals surface area contributed by atoms with E-state index in [9.17, 15) is 0 Å². The fraction of sp³-hybridized carbons (Fsp3) is 0.625. The second-order valence-electron chi connectivity index (χ2n) is 6.12. The largest absolute Gasteiger partial charge is 0.355 e. The minimum atomic E-state index is 0.442. The Hall–Kier alpha value is -1.62. The summed E-state index contributed by atoms with van der Waals surface area (Å²) in [4.78, 5) is 7.02. The van der Waals surface area contributed by atoms with E-state index in [2.05, 4.69) is 47.1 Å². The summed E-state index contributed by atoms with van der Waals surface area (Å²) in [7, 11) is 0. The van der Waals surface area contributed by atoms with Crippen LogP contribution in [0.2, 0.25) is 0 Å². The molecule has 1 aliphatic heterocycles. The van der Waals surface area contributed by atoms with Gasteiger partial charge in [-0.25, -0.2) is 9.50 Å². The highest BCUT2D eigenvalue weighted by molar-refractivity contribution is 5.69. The molecule has 0 aromatic carbocycles. The van der Waals surface area contributed by atoms with E-state index in [4.69, 9.17) is 0 Å². The molecular weight excluding hydrogens is 262 g/mol. The van der Waals surface area contributed by atoms with Crippen LogP contribution in [0.5, 0.6) is 0 Å². The molecule has 5 nitrogen and oxygen atoms in total. The molecule has 2 aromatic heterocycles. The molecule has 1 aliphatic rings. The van der Waals surface area contributed by atoms with Crippen LogP contribution in [0.25, 0.3) is 5.52 Å². The third-order valence-corrected chi connectivity index (χ3v) is 4.27. The molecule has 0 atom stereocenters. The van der Waals surface area contributed by atoms with Gasteiger partial charge < -0.3 is 10.2 Å². The van der Waals surface area contributed by atoms with Gasteiger partial charge in [0, 0.05) is 31.5 Å². The van der Waals surface area contributed by atoms with Crippen LogP contribution in [-0.4, -0.2) is 40.3 Å². The second kappa shape index (κ2) is 6.02. The molecule has 3 heterocycles. The average molecular weight is 287 g/mol. The monoisotopic (exact) mass is 287 g/mol. The molecule has 0 saturated carbocycles. The van der Waals surface area contributed by atoms with E-state index in [1.807, 2.05) is 16.9 Å². The molecule has 0 spiro atoms. The molecule has 21 heavy (non-hydrogen) atoms. The summed E-state index contributed by atoms with van der Waals surface area (Å²) in [5.41, 5.74) is 2.26. The van der Waals surface area contributed by atoms with Crippen LogP contribution in [0.1, 0.15) is 45.2 Å². The van der Waals surface area contributed by atoms with Crippen molar-refractivity contribution in [3.8, 4) is 0 Å². The van der Waals surface area contributed by atoms with Crippen LogP contribution in [0.15, 0.2) is 18.5 Å². The van der Waals surface area contributed by atoms with Gasteiger partial charge in [-0.05, 0) is 31.4 Å². The Morgan fingerprint density at radius 3 is 2.76 bits per heavy atom. The molecule has 5 heteroatoms. The van der Waals surface area contributed by atoms with Gasteiger partial charge in [-0.2, -0.15) is 5.10 Å². The van der Waals surface area contributed by atoms with Crippen LogP contribution >= 0.6 is 0 Å². The summed E-state index contributed by atoms with van der Waals surface area (Å²) in [6.45, 7) is 9.71. The number of anilines is 1. The third kappa shape index (κ3) is 2.88. The van der Waals surface area contributed by atoms with Crippen molar-refractivity contribution in [3.05, 3.63) is 24.2 Å². The van der Waals surface area contributed by atoms with Gasteiger partial charge in [0.05, 0.1) is 5.69 Å². The van der Waals surface area contributed by atoms with Crippen molar-refractivity contribution in [3.63, 3.8) is 0 Å². The van der Waals surface area contributed by atoms with Crippen LogP contribution in [0, 0.1) is 0 Å². The fourth-order valence-electron chi connectivity index (χ4n) is 3.04. The Balaban J connectivity index is 1.84. The number of fused-ring (bicyclic) bond motifs is 1. The van der Waals surface area contributed by atoms with Gasteiger partial charge in [-0.15, -0.1) is 0 Å². The molecule has 114 valence electrons. The Morgan fingerprint density at radius 1 is 1.33 bits per heavy atom. The summed E-state index contributed by atoms with van der Waals surface area (Å²) in [5.74, 6) is 1.52. The van der Waals surface area contributed by atoms with Crippen LogP contribution in [0.4, 0.5) is 5.82 Å². The number of hydrogen-bond acceptors (Lipinski definition) is 4. The van der Waals surface area contributed by atoms with Crippen molar-refractivity contribution < 1.29 is 0 Å². The topological polar surface area (TPSA) is 45.5 Å². The van der Waals surface area contributed by atoms with E-state index in [1.54, 1.807) is 0 Å². The summed E-state index contributed by atoms with van der Waals surface area (Å²) in [6.07, 6.45) is 6.16. The number of rotatable bonds is 4. The molecule has 3 rings (SSSR count). The van der Waals surface area contributed by atoms with Crippen LogP contribution < -0.4 is 10.2 Å². The Kier molecular flexibility index (Phi) is 4.10. The van der Waals surface area contributed by atoms with Gasteiger partial charge in [0.1, 0.15) is 5.52 Å². The second-order valence-corrected chi connectivity index (χ2v) is 6.12. The Morgan fingerprint density at radius 2 is 2.10 bits per heavy atom. The van der Waals surface area contributed by atoms with E-state index in [-0.39, 0.29) is 0 Å². The summed E-state index contributed by atoms with van der Waals surface area (Å²) in [6, 6.07) is 2.84. The highest BCUT2D eigenvalue weighted by Crippen LogP contribution is 2.25. The first-order chi connectivity index (χ1) is 10.2. The fourth-order valence-corrected chi connectivity index (χ4v) is 3.04. The van der Waals surface area contributed by atoms with Gasteiger partial charge in [0.2, 0.25) is 0 Å². The van der Waals surface area contributed by atoms with E-state index < -0.39 is 0 Å². The van der Waals surface area contributed by atoms with Gasteiger partial charge in [-0.1, -0.05) is 20.8 Å². The van der Waals surface area contributed by atoms with E-state index in [1.165, 1.54) is 12.8 Å². The molecular formula is C16H25N5. The minimum Gasteiger partial charge on any atom is -0.355 e. The first kappa shape index (κ1) is 14.3. The van der Waals surface area contributed by atoms with E-state index >= 15 is 0 Å². The number of piperidine rings is 1. The van der Waals surface area contributed by atoms with Crippen molar-refractivity contribution in [2.75, 3.05) is 24.5 Å². The summed E-state index contributed by atoms with van der Waals surface area (Å²) >= 11 is 0. The predicted molar refractivity (Wildman–Crippen MR) is 86.0 cm³/mol. The molecule has 1 N–H and O–H groups in total. The van der Waals surface area contributed by atoms with Crippen molar-refractivity contribution in [2.45, 2.75) is 45.6 Å². The first-order valence-corrected chi connectivity index (χ1v) is 8.01. The Labute approximate surface area is 126 Å². The molecule has 2 aromatic rings. The standard InChI is InChI=1S/C16H25N5/c1-4-17-13-5-8-20(9-6-13)16-15-11-14(12(2)3)19-21(15)10-7-18-16/h7,10-13,17H,4-6,8-9H2,1-3H3. The average Bonchev–Trinajstić information content (AvgIpc) is 2.93. The zero-order chi connectivity index (χ0) is 14.8.